The minimum Gasteiger partial charge on any atom is -0.456 e. The van der Waals surface area contributed by atoms with Gasteiger partial charge < -0.3 is 68.2 Å². The molecule has 1 saturated carbocycles. The number of carbonyl (C=O) groups is 2. The molecule has 0 aromatic carbocycles. The number of hydrogen-bond acceptors (Lipinski definition) is 14. The van der Waals surface area contributed by atoms with E-state index in [4.69, 9.17) is 19.6 Å². The molecule has 0 saturated heterocycles. The Bertz CT molecular complexity index is 1200. The summed E-state index contributed by atoms with van der Waals surface area (Å²) in [7, 11) is -35.1. The lowest BCUT2D eigenvalue weighted by Crippen LogP contribution is -2.67. The van der Waals surface area contributed by atoms with E-state index < -0.39 is 107 Å². The van der Waals surface area contributed by atoms with Crippen molar-refractivity contribution >= 4 is 58.4 Å². The zero-order valence-electron chi connectivity index (χ0n) is 19.6. The largest absolute Gasteiger partial charge is 0.470 e. The van der Waals surface area contributed by atoms with Crippen molar-refractivity contribution in [1.82, 2.24) is 0 Å². The first-order chi connectivity index (χ1) is 18.4. The van der Waals surface area contributed by atoms with Crippen LogP contribution in [-0.2, 0) is 64.5 Å². The van der Waals surface area contributed by atoms with Gasteiger partial charge in [0.2, 0.25) is 0 Å². The molecule has 2 unspecified atom stereocenters. The molecule has 42 heavy (non-hydrogen) atoms. The second-order valence-corrected chi connectivity index (χ2v) is 15.9. The van der Waals surface area contributed by atoms with Gasteiger partial charge in [-0.1, -0.05) is 0 Å². The van der Waals surface area contributed by atoms with Gasteiger partial charge >= 0.3 is 58.4 Å². The maximum Gasteiger partial charge on any atom is 0.470 e. The fourth-order valence-electron chi connectivity index (χ4n) is 3.22. The number of rotatable bonds is 14. The van der Waals surface area contributed by atoms with Crippen LogP contribution >= 0.6 is 46.5 Å². The Morgan fingerprint density at radius 1 is 0.405 bits per heavy atom. The highest BCUT2D eigenvalue weighted by Gasteiger charge is 2.62. The molecule has 0 spiro atoms. The van der Waals surface area contributed by atoms with Gasteiger partial charge in [0.15, 0.2) is 12.2 Å². The molecule has 1 aliphatic rings. The zero-order valence-corrected chi connectivity index (χ0v) is 25.0. The quantitative estimate of drug-likeness (QED) is 0.0597. The van der Waals surface area contributed by atoms with Crippen molar-refractivity contribution in [2.24, 2.45) is 0 Å². The highest BCUT2D eigenvalue weighted by Crippen LogP contribution is 2.53. The monoisotopic (exact) mass is 744 g/mol. The highest BCUT2D eigenvalue weighted by molar-refractivity contribution is 7.53. The normalized spacial score (nSPS) is 26.5. The summed E-state index contributed by atoms with van der Waals surface area (Å²) < 4.78 is 95.0. The standard InChI is InChI=1S/C10H22O26P6/c11-3(1-37(13,14)15)31-5-7(33-39(19,20)21)6(32-4(12)2-38(16,17)18)9(35-41(25,26)27)10(36-42(28,29)30)8(5)34-40(22,23)24/h5-10H,1-2H2,(H2,13,14,15)(H2,16,17,18)(H2,19,20,21)(H2,22,23,24)(H2,25,26,27)(H2,28,29,30)/t5-,6+,7?,8-,9-,10?/m0/s1. The van der Waals surface area contributed by atoms with Crippen LogP contribution < -0.4 is 0 Å². The lowest BCUT2D eigenvalue weighted by molar-refractivity contribution is -0.228. The molecular formula is C10H22O26P6. The minimum absolute atomic E-state index is 1.91. The van der Waals surface area contributed by atoms with E-state index in [1.807, 2.05) is 0 Å². The first-order valence-corrected chi connectivity index (χ1v) is 19.5. The summed E-state index contributed by atoms with van der Waals surface area (Å²) >= 11 is 0. The van der Waals surface area contributed by atoms with Crippen LogP contribution in [0, 0.1) is 0 Å². The van der Waals surface area contributed by atoms with E-state index in [0.717, 1.165) is 0 Å². The first kappa shape index (κ1) is 39.7. The van der Waals surface area contributed by atoms with Gasteiger partial charge in [0, 0.05) is 0 Å². The summed E-state index contributed by atoms with van der Waals surface area (Å²) in [4.78, 5) is 135. The minimum atomic E-state index is -6.08. The zero-order chi connectivity index (χ0) is 33.3. The van der Waals surface area contributed by atoms with Gasteiger partial charge in [0.1, 0.15) is 36.7 Å². The van der Waals surface area contributed by atoms with E-state index in [1.165, 1.54) is 0 Å². The SMILES string of the molecule is O=C(CP(=O)(O)O)O[C@@H]1C(OP(=O)(O)O)[C@H](OC(=O)CP(=O)(O)O)[C@H](OP(=O)(O)O)C(OP(=O)(O)O)[C@H]1OP(=O)(O)O. The molecule has 1 fully saturated rings. The summed E-state index contributed by atoms with van der Waals surface area (Å²) in [5.41, 5.74) is 0. The van der Waals surface area contributed by atoms with Gasteiger partial charge in [-0.05, 0) is 0 Å². The summed E-state index contributed by atoms with van der Waals surface area (Å²) in [6.45, 7) is 0. The van der Waals surface area contributed by atoms with Gasteiger partial charge in [-0.15, -0.1) is 0 Å². The Hall–Kier alpha value is -0.320. The number of ether oxygens (including phenoxy) is 2. The summed E-state index contributed by atoms with van der Waals surface area (Å²) in [6, 6.07) is 0. The van der Waals surface area contributed by atoms with Gasteiger partial charge in [-0.3, -0.25) is 36.8 Å². The average Bonchev–Trinajstić information content (AvgIpc) is 2.63. The van der Waals surface area contributed by atoms with Crippen molar-refractivity contribution in [3.05, 3.63) is 0 Å². The summed E-state index contributed by atoms with van der Waals surface area (Å²) in [6.07, 6.45) is -22.5. The number of hydrogen-bond donors (Lipinski definition) is 12. The highest BCUT2D eigenvalue weighted by atomic mass is 31.2. The van der Waals surface area contributed by atoms with Crippen LogP contribution in [0.5, 0.6) is 0 Å². The third-order valence-corrected chi connectivity index (χ3v) is 7.60. The van der Waals surface area contributed by atoms with Gasteiger partial charge in [-0.2, -0.15) is 0 Å². The molecule has 0 radical (unpaired) electrons. The van der Waals surface area contributed by atoms with Crippen LogP contribution in [-0.4, -0.2) is 120 Å². The van der Waals surface area contributed by atoms with Gasteiger partial charge in [0.05, 0.1) is 0 Å². The number of esters is 2. The van der Waals surface area contributed by atoms with Crippen LogP contribution in [0.3, 0.4) is 0 Å². The molecule has 1 aliphatic carbocycles. The van der Waals surface area contributed by atoms with Crippen molar-refractivity contribution in [1.29, 1.82) is 0 Å². The fourth-order valence-corrected chi connectivity index (χ4v) is 6.27. The summed E-state index contributed by atoms with van der Waals surface area (Å²) in [5.74, 6) is -4.26. The number of phosphoric acid groups is 4. The van der Waals surface area contributed by atoms with Crippen LogP contribution in [0.4, 0.5) is 0 Å². The molecule has 0 aliphatic heterocycles. The Labute approximate surface area is 231 Å². The Balaban J connectivity index is 4.07. The second-order valence-electron chi connectivity index (χ2n) is 7.80. The Kier molecular flexibility index (Phi) is 13.2. The van der Waals surface area contributed by atoms with Crippen LogP contribution in [0.2, 0.25) is 0 Å². The average molecular weight is 744 g/mol. The smallest absolute Gasteiger partial charge is 0.456 e. The Morgan fingerprint density at radius 3 is 0.786 bits per heavy atom. The molecule has 12 N–H and O–H groups in total. The van der Waals surface area contributed by atoms with E-state index in [9.17, 15) is 76.1 Å². The molecule has 1 rings (SSSR count). The first-order valence-electron chi connectivity index (χ1n) is 9.80. The van der Waals surface area contributed by atoms with Crippen molar-refractivity contribution in [3.8, 4) is 0 Å². The predicted octanol–water partition coefficient (Wildman–Crippen LogP) is -3.91. The van der Waals surface area contributed by atoms with Crippen molar-refractivity contribution in [2.45, 2.75) is 36.6 Å². The molecule has 0 aromatic heterocycles. The number of carbonyl (C=O) groups excluding carboxylic acids is 2. The number of phosphoric ester groups is 4. The summed E-state index contributed by atoms with van der Waals surface area (Å²) in [5, 5.41) is 0. The van der Waals surface area contributed by atoms with Crippen LogP contribution in [0.25, 0.3) is 0 Å². The topological polar surface area (TPSA) is 435 Å². The van der Waals surface area contributed by atoms with E-state index in [0.29, 0.717) is 0 Å². The molecule has 32 heteroatoms. The maximum absolute atomic E-state index is 12.2. The Morgan fingerprint density at radius 2 is 0.595 bits per heavy atom. The van der Waals surface area contributed by atoms with E-state index in [2.05, 4.69) is 27.6 Å². The van der Waals surface area contributed by atoms with Gasteiger partial charge in [-0.25, -0.2) is 18.3 Å². The van der Waals surface area contributed by atoms with Crippen molar-refractivity contribution in [3.63, 3.8) is 0 Å². The third kappa shape index (κ3) is 15.6. The molecule has 248 valence electrons. The van der Waals surface area contributed by atoms with Crippen molar-refractivity contribution < 1.29 is 123 Å². The molecule has 26 nitrogen and oxygen atoms in total. The molecular weight excluding hydrogens is 722 g/mol. The van der Waals surface area contributed by atoms with E-state index >= 15 is 0 Å². The molecule has 6 atom stereocenters. The van der Waals surface area contributed by atoms with Crippen LogP contribution in [0.15, 0.2) is 0 Å². The lowest BCUT2D eigenvalue weighted by Gasteiger charge is -2.47. The third-order valence-electron chi connectivity index (χ3n) is 4.18. The molecule has 0 aromatic rings. The second kappa shape index (κ2) is 14.0. The maximum atomic E-state index is 12.2. The van der Waals surface area contributed by atoms with E-state index in [1.54, 1.807) is 0 Å². The van der Waals surface area contributed by atoms with E-state index in [-0.39, 0.29) is 0 Å². The van der Waals surface area contributed by atoms with Gasteiger partial charge in [0.25, 0.3) is 0 Å². The molecule has 0 heterocycles. The van der Waals surface area contributed by atoms with Crippen molar-refractivity contribution in [2.75, 3.05) is 12.3 Å². The predicted molar refractivity (Wildman–Crippen MR) is 121 cm³/mol. The molecule has 0 bridgehead atoms. The molecule has 0 amide bonds. The van der Waals surface area contributed by atoms with Crippen LogP contribution in [0.1, 0.15) is 0 Å². The fraction of sp³-hybridized carbons (Fsp3) is 0.800. The lowest BCUT2D eigenvalue weighted by atomic mass is 9.84.